The van der Waals surface area contributed by atoms with Crippen molar-refractivity contribution in [3.05, 3.63) is 5.01 Å². The van der Waals surface area contributed by atoms with Gasteiger partial charge < -0.3 is 10.6 Å². The lowest BCUT2D eigenvalue weighted by Gasteiger charge is -2.26. The van der Waals surface area contributed by atoms with Crippen LogP contribution in [-0.4, -0.2) is 28.7 Å². The highest BCUT2D eigenvalue weighted by Crippen LogP contribution is 2.24. The van der Waals surface area contributed by atoms with Crippen molar-refractivity contribution in [2.24, 2.45) is 5.92 Å². The van der Waals surface area contributed by atoms with Gasteiger partial charge in [-0.3, -0.25) is 4.79 Å². The Bertz CT molecular complexity index is 424. The second-order valence-electron chi connectivity index (χ2n) is 5.17. The van der Waals surface area contributed by atoms with E-state index in [0.717, 1.165) is 24.4 Å². The van der Waals surface area contributed by atoms with Crippen LogP contribution >= 0.6 is 23.7 Å². The largest absolute Gasteiger partial charge is 0.314 e. The van der Waals surface area contributed by atoms with Gasteiger partial charge in [-0.05, 0) is 26.3 Å². The molecule has 2 N–H and O–H groups in total. The molecule has 2 heterocycles. The topological polar surface area (TPSA) is 66.9 Å². The van der Waals surface area contributed by atoms with E-state index < -0.39 is 0 Å². The number of anilines is 1. The van der Waals surface area contributed by atoms with Crippen LogP contribution in [0.2, 0.25) is 0 Å². The molecule has 0 unspecified atom stereocenters. The first-order valence-electron chi connectivity index (χ1n) is 6.44. The number of nitrogens with one attached hydrogen (secondary N) is 2. The maximum atomic E-state index is 12.1. The van der Waals surface area contributed by atoms with Gasteiger partial charge in [0.25, 0.3) is 0 Å². The average Bonchev–Trinajstić information content (AvgIpc) is 2.77. The Kier molecular flexibility index (Phi) is 6.16. The van der Waals surface area contributed by atoms with Gasteiger partial charge in [0.1, 0.15) is 5.01 Å². The SMILES string of the molecule is CC(C)c1nnc(NC(=O)[C@H]2CCN[C@@H](C)C2)s1.Cl. The van der Waals surface area contributed by atoms with Crippen molar-refractivity contribution in [1.29, 1.82) is 0 Å². The van der Waals surface area contributed by atoms with Gasteiger partial charge in [0.15, 0.2) is 0 Å². The molecule has 1 aromatic heterocycles. The van der Waals surface area contributed by atoms with Crippen LogP contribution in [0.15, 0.2) is 0 Å². The van der Waals surface area contributed by atoms with Crippen LogP contribution in [0.25, 0.3) is 0 Å². The lowest BCUT2D eigenvalue weighted by molar-refractivity contribution is -0.120. The van der Waals surface area contributed by atoms with Crippen LogP contribution < -0.4 is 10.6 Å². The molecule has 0 bridgehead atoms. The molecule has 1 aromatic rings. The smallest absolute Gasteiger partial charge is 0.229 e. The highest BCUT2D eigenvalue weighted by molar-refractivity contribution is 7.15. The third-order valence-corrected chi connectivity index (χ3v) is 4.30. The maximum absolute atomic E-state index is 12.1. The number of hydrogen-bond donors (Lipinski definition) is 2. The molecule has 1 fully saturated rings. The second kappa shape index (κ2) is 7.17. The van der Waals surface area contributed by atoms with Crippen molar-refractivity contribution in [2.75, 3.05) is 11.9 Å². The maximum Gasteiger partial charge on any atom is 0.229 e. The summed E-state index contributed by atoms with van der Waals surface area (Å²) in [5.74, 6) is 0.523. The normalized spacial score (nSPS) is 22.9. The number of piperidine rings is 1. The summed E-state index contributed by atoms with van der Waals surface area (Å²) >= 11 is 1.46. The summed E-state index contributed by atoms with van der Waals surface area (Å²) in [6, 6.07) is 0.412. The van der Waals surface area contributed by atoms with Crippen LogP contribution in [0.3, 0.4) is 0 Å². The van der Waals surface area contributed by atoms with Gasteiger partial charge in [0.05, 0.1) is 0 Å². The Morgan fingerprint density at radius 2 is 2.21 bits per heavy atom. The van der Waals surface area contributed by atoms with E-state index in [9.17, 15) is 4.79 Å². The van der Waals surface area contributed by atoms with Gasteiger partial charge in [-0.25, -0.2) is 0 Å². The van der Waals surface area contributed by atoms with Gasteiger partial charge in [-0.2, -0.15) is 0 Å². The lowest BCUT2D eigenvalue weighted by Crippen LogP contribution is -2.40. The van der Waals surface area contributed by atoms with Crippen LogP contribution in [0.1, 0.15) is 44.5 Å². The van der Waals surface area contributed by atoms with Crippen LogP contribution in [-0.2, 0) is 4.79 Å². The molecule has 0 aromatic carbocycles. The summed E-state index contributed by atoms with van der Waals surface area (Å²) in [6.07, 6.45) is 1.79. The van der Waals surface area contributed by atoms with E-state index in [4.69, 9.17) is 0 Å². The summed E-state index contributed by atoms with van der Waals surface area (Å²) in [4.78, 5) is 12.1. The minimum Gasteiger partial charge on any atom is -0.314 e. The molecule has 1 amide bonds. The molecule has 2 atom stereocenters. The predicted octanol–water partition coefficient (Wildman–Crippen LogP) is 2.41. The number of nitrogens with zero attached hydrogens (tertiary/aromatic N) is 2. The Balaban J connectivity index is 0.00000180. The van der Waals surface area contributed by atoms with E-state index in [-0.39, 0.29) is 24.2 Å². The van der Waals surface area contributed by atoms with Crippen molar-refractivity contribution < 1.29 is 4.79 Å². The van der Waals surface area contributed by atoms with E-state index in [2.05, 4.69) is 41.6 Å². The standard InChI is InChI=1S/C12H20N4OS.ClH/c1-7(2)11-15-16-12(18-11)14-10(17)9-4-5-13-8(3)6-9;/h7-9,13H,4-6H2,1-3H3,(H,14,16,17);1H/t8-,9-;/m0./s1. The first kappa shape index (κ1) is 16.3. The highest BCUT2D eigenvalue weighted by atomic mass is 35.5. The molecule has 1 aliphatic heterocycles. The fraction of sp³-hybridized carbons (Fsp3) is 0.750. The molecule has 1 saturated heterocycles. The molecular weight excluding hydrogens is 284 g/mol. The van der Waals surface area contributed by atoms with Crippen molar-refractivity contribution in [2.45, 2.75) is 45.6 Å². The van der Waals surface area contributed by atoms with Crippen LogP contribution in [0.4, 0.5) is 5.13 Å². The van der Waals surface area contributed by atoms with Crippen LogP contribution in [0.5, 0.6) is 0 Å². The van der Waals surface area contributed by atoms with E-state index in [1.54, 1.807) is 0 Å². The van der Waals surface area contributed by atoms with Gasteiger partial charge in [-0.15, -0.1) is 22.6 Å². The zero-order chi connectivity index (χ0) is 13.1. The Hall–Kier alpha value is -0.720. The summed E-state index contributed by atoms with van der Waals surface area (Å²) in [6.45, 7) is 7.16. The Morgan fingerprint density at radius 3 is 2.79 bits per heavy atom. The number of carbonyl (C=O) groups is 1. The van der Waals surface area contributed by atoms with E-state index in [1.807, 2.05) is 0 Å². The van der Waals surface area contributed by atoms with Gasteiger partial charge in [0, 0.05) is 17.9 Å². The van der Waals surface area contributed by atoms with E-state index in [1.165, 1.54) is 11.3 Å². The number of hydrogen-bond acceptors (Lipinski definition) is 5. The fourth-order valence-corrected chi connectivity index (χ4v) is 2.84. The van der Waals surface area contributed by atoms with Crippen molar-refractivity contribution in [3.8, 4) is 0 Å². The van der Waals surface area contributed by atoms with Crippen molar-refractivity contribution in [3.63, 3.8) is 0 Å². The average molecular weight is 305 g/mol. The highest BCUT2D eigenvalue weighted by Gasteiger charge is 2.25. The molecule has 0 aliphatic carbocycles. The lowest BCUT2D eigenvalue weighted by atomic mass is 9.93. The molecular formula is C12H21ClN4OS. The molecule has 0 radical (unpaired) electrons. The zero-order valence-electron chi connectivity index (χ0n) is 11.5. The second-order valence-corrected chi connectivity index (χ2v) is 6.17. The Labute approximate surface area is 124 Å². The van der Waals surface area contributed by atoms with Gasteiger partial charge in [0.2, 0.25) is 11.0 Å². The minimum absolute atomic E-state index is 0. The monoisotopic (exact) mass is 304 g/mol. The number of rotatable bonds is 3. The third-order valence-electron chi connectivity index (χ3n) is 3.16. The molecule has 0 saturated carbocycles. The first-order valence-corrected chi connectivity index (χ1v) is 7.25. The van der Waals surface area contributed by atoms with Gasteiger partial charge in [-0.1, -0.05) is 25.2 Å². The molecule has 19 heavy (non-hydrogen) atoms. The minimum atomic E-state index is 0. The molecule has 5 nitrogen and oxygen atoms in total. The Morgan fingerprint density at radius 1 is 1.47 bits per heavy atom. The van der Waals surface area contributed by atoms with Gasteiger partial charge >= 0.3 is 0 Å². The van der Waals surface area contributed by atoms with E-state index >= 15 is 0 Å². The summed E-state index contributed by atoms with van der Waals surface area (Å²) in [7, 11) is 0. The molecule has 108 valence electrons. The van der Waals surface area contributed by atoms with E-state index in [0.29, 0.717) is 17.1 Å². The number of carbonyl (C=O) groups excluding carboxylic acids is 1. The summed E-state index contributed by atoms with van der Waals surface area (Å²) in [5, 5.41) is 15.9. The number of halogens is 1. The fourth-order valence-electron chi connectivity index (χ4n) is 2.10. The zero-order valence-corrected chi connectivity index (χ0v) is 13.1. The molecule has 0 spiro atoms. The summed E-state index contributed by atoms with van der Waals surface area (Å²) in [5.41, 5.74) is 0. The van der Waals surface area contributed by atoms with Crippen molar-refractivity contribution >= 4 is 34.8 Å². The number of amides is 1. The van der Waals surface area contributed by atoms with Crippen LogP contribution in [0, 0.1) is 5.92 Å². The van der Waals surface area contributed by atoms with Crippen molar-refractivity contribution in [1.82, 2.24) is 15.5 Å². The predicted molar refractivity (Wildman–Crippen MR) is 80.1 cm³/mol. The molecule has 7 heteroatoms. The summed E-state index contributed by atoms with van der Waals surface area (Å²) < 4.78 is 0. The third kappa shape index (κ3) is 4.40. The quantitative estimate of drug-likeness (QED) is 0.900. The number of aromatic nitrogens is 2. The molecule has 2 rings (SSSR count). The first-order chi connectivity index (χ1) is 8.56. The molecule has 1 aliphatic rings.